The molecule has 0 N–H and O–H groups in total. The van der Waals surface area contributed by atoms with Crippen molar-refractivity contribution in [3.63, 3.8) is 0 Å². The summed E-state index contributed by atoms with van der Waals surface area (Å²) >= 11 is 6.49. The molecule has 0 heterocycles. The molecule has 0 radical (unpaired) electrons. The third-order valence-electron chi connectivity index (χ3n) is 1.60. The molecule has 1 unspecified atom stereocenters. The Morgan fingerprint density at radius 1 is 1.22 bits per heavy atom. The standard InChI is InChI=1S/C10H20ClO5PS/c1-4-7-15-17(13,16-8-5-2)18-9(11)10(12)14-6-3/h9H,4-8H2,1-3H3. The summed E-state index contributed by atoms with van der Waals surface area (Å²) in [5.41, 5.74) is 0. The van der Waals surface area contributed by atoms with E-state index in [2.05, 4.69) is 0 Å². The van der Waals surface area contributed by atoms with Gasteiger partial charge in [-0.1, -0.05) is 25.4 Å². The largest absolute Gasteiger partial charge is 0.464 e. The molecule has 0 amide bonds. The molecule has 8 heteroatoms. The summed E-state index contributed by atoms with van der Waals surface area (Å²) in [6, 6.07) is 0. The van der Waals surface area contributed by atoms with Crippen molar-refractivity contribution in [2.45, 2.75) is 38.3 Å². The minimum atomic E-state index is -3.40. The summed E-state index contributed by atoms with van der Waals surface area (Å²) in [6.45, 7) is 2.85. The highest BCUT2D eigenvalue weighted by Crippen LogP contribution is 2.63. The van der Waals surface area contributed by atoms with Gasteiger partial charge in [0.2, 0.25) is 0 Å². The second-order valence-electron chi connectivity index (χ2n) is 3.29. The van der Waals surface area contributed by atoms with Crippen molar-refractivity contribution in [1.29, 1.82) is 0 Å². The molecule has 0 aromatic rings. The fraction of sp³-hybridized carbons (Fsp3) is 0.900. The van der Waals surface area contributed by atoms with E-state index in [1.54, 1.807) is 6.92 Å². The van der Waals surface area contributed by atoms with Gasteiger partial charge in [-0.15, -0.1) is 0 Å². The molecule has 0 aromatic heterocycles. The van der Waals surface area contributed by atoms with E-state index in [-0.39, 0.29) is 6.61 Å². The topological polar surface area (TPSA) is 61.8 Å². The minimum absolute atomic E-state index is 0.221. The lowest BCUT2D eigenvalue weighted by Crippen LogP contribution is -2.15. The number of rotatable bonds is 10. The molecular weight excluding hydrogens is 299 g/mol. The molecule has 108 valence electrons. The predicted octanol–water partition coefficient (Wildman–Crippen LogP) is 3.81. The summed E-state index contributed by atoms with van der Waals surface area (Å²) in [6.07, 6.45) is 1.40. The number of hydrogen-bond donors (Lipinski definition) is 0. The van der Waals surface area contributed by atoms with Crippen molar-refractivity contribution < 1.29 is 23.1 Å². The Balaban J connectivity index is 4.46. The third kappa shape index (κ3) is 7.64. The maximum absolute atomic E-state index is 12.3. The number of alkyl halides is 1. The van der Waals surface area contributed by atoms with Gasteiger partial charge < -0.3 is 13.8 Å². The van der Waals surface area contributed by atoms with Crippen LogP contribution >= 0.6 is 29.8 Å². The van der Waals surface area contributed by atoms with Crippen molar-refractivity contribution in [1.82, 2.24) is 0 Å². The Kier molecular flexibility index (Phi) is 10.2. The fourth-order valence-electron chi connectivity index (χ4n) is 0.868. The highest BCUT2D eigenvalue weighted by Gasteiger charge is 2.33. The van der Waals surface area contributed by atoms with E-state index in [4.69, 9.17) is 25.4 Å². The Hall–Kier alpha value is 0.260. The van der Waals surface area contributed by atoms with Crippen molar-refractivity contribution >= 4 is 35.7 Å². The zero-order valence-corrected chi connectivity index (χ0v) is 13.4. The highest BCUT2D eigenvalue weighted by molar-refractivity contribution is 8.56. The molecule has 5 nitrogen and oxygen atoms in total. The van der Waals surface area contributed by atoms with Crippen LogP contribution in [0.4, 0.5) is 0 Å². The number of hydrogen-bond acceptors (Lipinski definition) is 6. The van der Waals surface area contributed by atoms with Crippen LogP contribution in [0.1, 0.15) is 33.6 Å². The molecule has 0 aromatic carbocycles. The fourth-order valence-corrected chi connectivity index (χ4v) is 4.95. The van der Waals surface area contributed by atoms with Gasteiger partial charge in [0.25, 0.3) is 0 Å². The SMILES string of the molecule is CCCOP(=O)(OCCC)SC(Cl)C(=O)OCC. The lowest BCUT2D eigenvalue weighted by Gasteiger charge is -2.18. The molecule has 0 aliphatic carbocycles. The number of carbonyl (C=O) groups excluding carboxylic acids is 1. The number of carbonyl (C=O) groups is 1. The zero-order chi connectivity index (χ0) is 14.0. The molecule has 0 spiro atoms. The van der Waals surface area contributed by atoms with Gasteiger partial charge in [-0.05, 0) is 31.1 Å². The van der Waals surface area contributed by atoms with Crippen molar-refractivity contribution in [3.05, 3.63) is 0 Å². The molecule has 18 heavy (non-hydrogen) atoms. The van der Waals surface area contributed by atoms with Crippen LogP contribution in [-0.4, -0.2) is 30.5 Å². The minimum Gasteiger partial charge on any atom is -0.464 e. The third-order valence-corrected chi connectivity index (χ3v) is 6.09. The number of esters is 1. The van der Waals surface area contributed by atoms with Gasteiger partial charge in [-0.25, -0.2) is 9.36 Å². The summed E-state index contributed by atoms with van der Waals surface area (Å²) in [5, 5.41) is 0. The molecule has 0 bridgehead atoms. The maximum atomic E-state index is 12.3. The summed E-state index contributed by atoms with van der Waals surface area (Å²) in [4.78, 5) is 11.4. The van der Waals surface area contributed by atoms with E-state index in [0.29, 0.717) is 37.4 Å². The molecule has 0 fully saturated rings. The molecular formula is C10H20ClO5PS. The van der Waals surface area contributed by atoms with Crippen LogP contribution in [-0.2, 0) is 23.1 Å². The van der Waals surface area contributed by atoms with E-state index in [1.165, 1.54) is 0 Å². The first-order valence-electron chi connectivity index (χ1n) is 5.87. The first-order chi connectivity index (χ1) is 8.49. The molecule has 0 aliphatic rings. The van der Waals surface area contributed by atoms with Gasteiger partial charge in [0, 0.05) is 0 Å². The van der Waals surface area contributed by atoms with E-state index >= 15 is 0 Å². The van der Waals surface area contributed by atoms with Crippen molar-refractivity contribution in [2.24, 2.45) is 0 Å². The molecule has 0 aliphatic heterocycles. The second-order valence-corrected chi connectivity index (χ2v) is 8.05. The van der Waals surface area contributed by atoms with Crippen molar-refractivity contribution in [2.75, 3.05) is 19.8 Å². The summed E-state index contributed by atoms with van der Waals surface area (Å²) in [7, 11) is 0. The predicted molar refractivity (Wildman–Crippen MR) is 74.0 cm³/mol. The van der Waals surface area contributed by atoms with Crippen LogP contribution in [0.2, 0.25) is 0 Å². The molecule has 0 saturated carbocycles. The average molecular weight is 319 g/mol. The normalized spacial score (nSPS) is 13.3. The van der Waals surface area contributed by atoms with Gasteiger partial charge in [0.05, 0.1) is 19.8 Å². The smallest absolute Gasteiger partial charge is 0.391 e. The maximum Gasteiger partial charge on any atom is 0.391 e. The molecule has 1 atom stereocenters. The summed E-state index contributed by atoms with van der Waals surface area (Å²) in [5.74, 6) is -0.635. The summed E-state index contributed by atoms with van der Waals surface area (Å²) < 4.78 is 26.3. The van der Waals surface area contributed by atoms with Gasteiger partial charge in [0.1, 0.15) is 0 Å². The van der Waals surface area contributed by atoms with Gasteiger partial charge >= 0.3 is 12.8 Å². The van der Waals surface area contributed by atoms with Gasteiger partial charge in [-0.3, -0.25) is 0 Å². The highest BCUT2D eigenvalue weighted by atomic mass is 35.5. The Bertz CT molecular complexity index is 277. The second kappa shape index (κ2) is 10.1. The number of ether oxygens (including phenoxy) is 1. The first-order valence-corrected chi connectivity index (χ1v) is 9.33. The van der Waals surface area contributed by atoms with Crippen LogP contribution in [0.15, 0.2) is 0 Å². The van der Waals surface area contributed by atoms with E-state index in [0.717, 1.165) is 0 Å². The monoisotopic (exact) mass is 318 g/mol. The van der Waals surface area contributed by atoms with Crippen LogP contribution in [0.25, 0.3) is 0 Å². The molecule has 0 rings (SSSR count). The Morgan fingerprint density at radius 2 is 1.72 bits per heavy atom. The van der Waals surface area contributed by atoms with Gasteiger partial charge in [-0.2, -0.15) is 0 Å². The zero-order valence-electron chi connectivity index (χ0n) is 10.9. The number of halogens is 1. The lowest BCUT2D eigenvalue weighted by atomic mass is 10.5. The Labute approximate surface area is 117 Å². The van der Waals surface area contributed by atoms with E-state index < -0.39 is 17.5 Å². The van der Waals surface area contributed by atoms with Gasteiger partial charge in [0.15, 0.2) is 4.71 Å². The lowest BCUT2D eigenvalue weighted by molar-refractivity contribution is -0.140. The van der Waals surface area contributed by atoms with Crippen molar-refractivity contribution in [3.8, 4) is 0 Å². The average Bonchev–Trinajstić information content (AvgIpc) is 2.34. The molecule has 0 saturated heterocycles. The van der Waals surface area contributed by atoms with E-state index in [1.807, 2.05) is 13.8 Å². The Morgan fingerprint density at radius 3 is 2.11 bits per heavy atom. The van der Waals surface area contributed by atoms with Crippen LogP contribution in [0, 0.1) is 0 Å². The van der Waals surface area contributed by atoms with Crippen LogP contribution in [0.5, 0.6) is 0 Å². The van der Waals surface area contributed by atoms with E-state index in [9.17, 15) is 9.36 Å². The quantitative estimate of drug-likeness (QED) is 0.347. The van der Waals surface area contributed by atoms with Crippen LogP contribution in [0.3, 0.4) is 0 Å². The van der Waals surface area contributed by atoms with Crippen LogP contribution < -0.4 is 0 Å². The first kappa shape index (κ1) is 18.3.